The molecule has 0 saturated carbocycles. The van der Waals surface area contributed by atoms with E-state index in [1.165, 1.54) is 5.56 Å². The summed E-state index contributed by atoms with van der Waals surface area (Å²) in [6.07, 6.45) is 5.45. The molecule has 2 rings (SSSR count). The molecule has 0 aromatic heterocycles. The van der Waals surface area contributed by atoms with Crippen LogP contribution in [0.3, 0.4) is 0 Å². The highest BCUT2D eigenvalue weighted by molar-refractivity contribution is 14.0. The van der Waals surface area contributed by atoms with E-state index in [4.69, 9.17) is 4.74 Å². The van der Waals surface area contributed by atoms with Crippen molar-refractivity contribution < 1.29 is 4.74 Å². The van der Waals surface area contributed by atoms with Gasteiger partial charge in [-0.1, -0.05) is 42.5 Å². The predicted octanol–water partition coefficient (Wildman–Crippen LogP) is 2.55. The third-order valence-corrected chi connectivity index (χ3v) is 4.17. The lowest BCUT2D eigenvalue weighted by Crippen LogP contribution is -2.52. The van der Waals surface area contributed by atoms with E-state index in [1.54, 1.807) is 7.11 Å². The molecule has 0 unspecified atom stereocenters. The zero-order valence-corrected chi connectivity index (χ0v) is 17.7. The average molecular weight is 458 g/mol. The Kier molecular flexibility index (Phi) is 11.5. The van der Waals surface area contributed by atoms with Crippen LogP contribution in [0.1, 0.15) is 12.0 Å². The summed E-state index contributed by atoms with van der Waals surface area (Å²) < 4.78 is 5.08. The molecule has 1 aromatic carbocycles. The van der Waals surface area contributed by atoms with Gasteiger partial charge < -0.3 is 15.0 Å². The van der Waals surface area contributed by atoms with Crippen LogP contribution in [0.25, 0.3) is 6.08 Å². The molecule has 0 radical (unpaired) electrons. The zero-order chi connectivity index (χ0) is 17.0. The molecule has 1 N–H and O–H groups in total. The largest absolute Gasteiger partial charge is 0.385 e. The first-order chi connectivity index (χ1) is 11.8. The molecule has 1 saturated heterocycles. The topological polar surface area (TPSA) is 40.1 Å². The number of aliphatic imine (C=N–C) groups is 1. The number of piperazine rings is 1. The van der Waals surface area contributed by atoms with E-state index in [9.17, 15) is 0 Å². The molecule has 0 amide bonds. The van der Waals surface area contributed by atoms with Gasteiger partial charge in [0.2, 0.25) is 0 Å². The molecule has 6 heteroatoms. The number of ether oxygens (including phenoxy) is 1. The minimum atomic E-state index is 0. The van der Waals surface area contributed by atoms with Gasteiger partial charge in [-0.3, -0.25) is 9.89 Å². The monoisotopic (exact) mass is 458 g/mol. The van der Waals surface area contributed by atoms with Gasteiger partial charge >= 0.3 is 0 Å². The van der Waals surface area contributed by atoms with Gasteiger partial charge in [0.15, 0.2) is 5.96 Å². The summed E-state index contributed by atoms with van der Waals surface area (Å²) in [5.74, 6) is 1.01. The summed E-state index contributed by atoms with van der Waals surface area (Å²) in [7, 11) is 3.59. The summed E-state index contributed by atoms with van der Waals surface area (Å²) in [4.78, 5) is 9.21. The fourth-order valence-electron chi connectivity index (χ4n) is 2.79. The van der Waals surface area contributed by atoms with Crippen molar-refractivity contribution in [1.82, 2.24) is 15.1 Å². The maximum Gasteiger partial charge on any atom is 0.193 e. The van der Waals surface area contributed by atoms with Crippen LogP contribution in [0.4, 0.5) is 0 Å². The number of hydrogen-bond donors (Lipinski definition) is 1. The smallest absolute Gasteiger partial charge is 0.193 e. The van der Waals surface area contributed by atoms with E-state index in [2.05, 4.69) is 56.5 Å². The molecule has 1 fully saturated rings. The van der Waals surface area contributed by atoms with Gasteiger partial charge in [0.05, 0.1) is 0 Å². The van der Waals surface area contributed by atoms with Gasteiger partial charge in [0.25, 0.3) is 0 Å². The predicted molar refractivity (Wildman–Crippen MR) is 117 cm³/mol. The second-order valence-electron chi connectivity index (χ2n) is 5.92. The molecule has 1 aliphatic rings. The summed E-state index contributed by atoms with van der Waals surface area (Å²) >= 11 is 0. The summed E-state index contributed by atoms with van der Waals surface area (Å²) in [6.45, 7) is 6.86. The molecule has 1 aliphatic heterocycles. The van der Waals surface area contributed by atoms with Crippen LogP contribution in [0, 0.1) is 0 Å². The van der Waals surface area contributed by atoms with Crippen molar-refractivity contribution in [3.63, 3.8) is 0 Å². The molecule has 0 aliphatic carbocycles. The van der Waals surface area contributed by atoms with Gasteiger partial charge in [-0.2, -0.15) is 0 Å². The van der Waals surface area contributed by atoms with Gasteiger partial charge in [-0.15, -0.1) is 24.0 Å². The fourth-order valence-corrected chi connectivity index (χ4v) is 2.79. The highest BCUT2D eigenvalue weighted by Crippen LogP contribution is 2.05. The molecule has 0 bridgehead atoms. The van der Waals surface area contributed by atoms with Gasteiger partial charge in [-0.25, -0.2) is 0 Å². The van der Waals surface area contributed by atoms with Crippen LogP contribution >= 0.6 is 24.0 Å². The highest BCUT2D eigenvalue weighted by atomic mass is 127. The minimum Gasteiger partial charge on any atom is -0.385 e. The van der Waals surface area contributed by atoms with Crippen molar-refractivity contribution in [3.05, 3.63) is 42.0 Å². The second kappa shape index (κ2) is 13.1. The van der Waals surface area contributed by atoms with Crippen molar-refractivity contribution in [1.29, 1.82) is 0 Å². The molecule has 1 aromatic rings. The number of halogens is 1. The fraction of sp³-hybridized carbons (Fsp3) is 0.526. The van der Waals surface area contributed by atoms with E-state index >= 15 is 0 Å². The number of nitrogens with one attached hydrogen (secondary N) is 1. The van der Waals surface area contributed by atoms with Gasteiger partial charge in [0.1, 0.15) is 0 Å². The molecule has 25 heavy (non-hydrogen) atoms. The van der Waals surface area contributed by atoms with Crippen LogP contribution in [-0.4, -0.2) is 75.8 Å². The Balaban J connectivity index is 0.00000312. The van der Waals surface area contributed by atoms with E-state index in [1.807, 2.05) is 13.1 Å². The van der Waals surface area contributed by atoms with Crippen molar-refractivity contribution in [3.8, 4) is 0 Å². The standard InChI is InChI=1S/C19H30N4O.HI/c1-20-19(21-11-7-17-24-2)23-15-13-22(14-16-23)12-6-10-18-8-4-3-5-9-18;/h3-6,8-10H,7,11-17H2,1-2H3,(H,20,21);1H. The Hall–Kier alpha value is -1.12. The number of nitrogens with zero attached hydrogens (tertiary/aromatic N) is 3. The number of benzene rings is 1. The van der Waals surface area contributed by atoms with Crippen LogP contribution in [0.2, 0.25) is 0 Å². The van der Waals surface area contributed by atoms with Crippen molar-refractivity contribution >= 4 is 36.0 Å². The average Bonchev–Trinajstić information content (AvgIpc) is 2.64. The quantitative estimate of drug-likeness (QED) is 0.295. The third-order valence-electron chi connectivity index (χ3n) is 4.17. The lowest BCUT2D eigenvalue weighted by Gasteiger charge is -2.36. The Labute approximate surface area is 169 Å². The Morgan fingerprint density at radius 3 is 2.56 bits per heavy atom. The van der Waals surface area contributed by atoms with E-state index in [0.717, 1.165) is 58.3 Å². The van der Waals surface area contributed by atoms with Gasteiger partial charge in [0, 0.05) is 60.0 Å². The van der Waals surface area contributed by atoms with Crippen molar-refractivity contribution in [2.75, 3.05) is 60.0 Å². The Morgan fingerprint density at radius 2 is 1.92 bits per heavy atom. The number of hydrogen-bond acceptors (Lipinski definition) is 3. The normalized spacial score (nSPS) is 16.1. The Bertz CT molecular complexity index is 513. The molecule has 1 heterocycles. The maximum absolute atomic E-state index is 5.08. The lowest BCUT2D eigenvalue weighted by molar-refractivity contribution is 0.189. The van der Waals surface area contributed by atoms with E-state index in [-0.39, 0.29) is 24.0 Å². The number of rotatable bonds is 7. The molecular weight excluding hydrogens is 427 g/mol. The first-order valence-corrected chi connectivity index (χ1v) is 8.72. The second-order valence-corrected chi connectivity index (χ2v) is 5.92. The van der Waals surface area contributed by atoms with Crippen LogP contribution in [0.5, 0.6) is 0 Å². The number of methoxy groups -OCH3 is 1. The molecule has 0 spiro atoms. The molecule has 5 nitrogen and oxygen atoms in total. The highest BCUT2D eigenvalue weighted by Gasteiger charge is 2.18. The van der Waals surface area contributed by atoms with E-state index < -0.39 is 0 Å². The van der Waals surface area contributed by atoms with Crippen LogP contribution in [-0.2, 0) is 4.74 Å². The molecular formula is C19H31IN4O. The Morgan fingerprint density at radius 1 is 1.20 bits per heavy atom. The molecule has 140 valence electrons. The van der Waals surface area contributed by atoms with Crippen LogP contribution in [0.15, 0.2) is 41.4 Å². The summed E-state index contributed by atoms with van der Waals surface area (Å²) in [5, 5.41) is 3.42. The molecule has 0 atom stereocenters. The minimum absolute atomic E-state index is 0. The van der Waals surface area contributed by atoms with Gasteiger partial charge in [-0.05, 0) is 12.0 Å². The zero-order valence-electron chi connectivity index (χ0n) is 15.4. The maximum atomic E-state index is 5.08. The summed E-state index contributed by atoms with van der Waals surface area (Å²) in [6, 6.07) is 10.5. The first kappa shape index (κ1) is 21.9. The van der Waals surface area contributed by atoms with Crippen molar-refractivity contribution in [2.45, 2.75) is 6.42 Å². The van der Waals surface area contributed by atoms with Crippen molar-refractivity contribution in [2.24, 2.45) is 4.99 Å². The SMILES string of the molecule is CN=C(NCCCOC)N1CCN(CC=Cc2ccccc2)CC1.I. The lowest BCUT2D eigenvalue weighted by atomic mass is 10.2. The third kappa shape index (κ3) is 8.20. The summed E-state index contributed by atoms with van der Waals surface area (Å²) in [5.41, 5.74) is 1.26. The number of guanidine groups is 1. The first-order valence-electron chi connectivity index (χ1n) is 8.72. The van der Waals surface area contributed by atoms with Crippen LogP contribution < -0.4 is 5.32 Å². The van der Waals surface area contributed by atoms with E-state index in [0.29, 0.717) is 0 Å².